The van der Waals surface area contributed by atoms with Crippen molar-refractivity contribution in [2.75, 3.05) is 22.9 Å². The molecular formula is C15H26N4S. The van der Waals surface area contributed by atoms with E-state index >= 15 is 0 Å². The molecule has 0 aliphatic heterocycles. The van der Waals surface area contributed by atoms with Crippen molar-refractivity contribution in [1.82, 2.24) is 9.97 Å². The fourth-order valence-corrected chi connectivity index (χ4v) is 3.85. The number of hydrogen-bond acceptors (Lipinski definition) is 5. The first-order valence-corrected chi connectivity index (χ1v) is 8.75. The van der Waals surface area contributed by atoms with Gasteiger partial charge in [-0.2, -0.15) is 16.7 Å². The summed E-state index contributed by atoms with van der Waals surface area (Å²) < 4.78 is 0. The molecule has 2 atom stereocenters. The van der Waals surface area contributed by atoms with Crippen LogP contribution in [0, 0.1) is 6.92 Å². The monoisotopic (exact) mass is 294 g/mol. The minimum absolute atomic E-state index is 0.549. The smallest absolute Gasteiger partial charge is 0.224 e. The van der Waals surface area contributed by atoms with Crippen LogP contribution in [0.5, 0.6) is 0 Å². The first kappa shape index (κ1) is 15.4. The van der Waals surface area contributed by atoms with Crippen molar-refractivity contribution in [3.63, 3.8) is 0 Å². The van der Waals surface area contributed by atoms with Gasteiger partial charge in [-0.3, -0.25) is 0 Å². The lowest BCUT2D eigenvalue weighted by atomic mass is 10.2. The number of thioether (sulfide) groups is 1. The van der Waals surface area contributed by atoms with Crippen LogP contribution in [0.1, 0.15) is 45.2 Å². The zero-order chi connectivity index (χ0) is 14.4. The Balaban J connectivity index is 2.02. The van der Waals surface area contributed by atoms with E-state index in [-0.39, 0.29) is 0 Å². The molecule has 1 aliphatic rings. The predicted octanol–water partition coefficient (Wildman–Crippen LogP) is 3.69. The van der Waals surface area contributed by atoms with Crippen molar-refractivity contribution in [2.24, 2.45) is 0 Å². The second-order valence-electron chi connectivity index (χ2n) is 5.32. The zero-order valence-electron chi connectivity index (χ0n) is 12.8. The highest BCUT2D eigenvalue weighted by molar-refractivity contribution is 7.99. The summed E-state index contributed by atoms with van der Waals surface area (Å²) in [7, 11) is 0. The number of rotatable bonds is 7. The molecule has 2 rings (SSSR count). The van der Waals surface area contributed by atoms with E-state index in [0.29, 0.717) is 6.04 Å². The van der Waals surface area contributed by atoms with Crippen LogP contribution < -0.4 is 10.6 Å². The second kappa shape index (κ2) is 7.72. The molecule has 5 heteroatoms. The van der Waals surface area contributed by atoms with E-state index in [1.54, 1.807) is 0 Å². The molecule has 1 aromatic rings. The van der Waals surface area contributed by atoms with Gasteiger partial charge < -0.3 is 10.6 Å². The lowest BCUT2D eigenvalue weighted by Gasteiger charge is -2.21. The Bertz CT molecular complexity index is 424. The van der Waals surface area contributed by atoms with Crippen molar-refractivity contribution in [3.8, 4) is 0 Å². The number of hydrogen-bond donors (Lipinski definition) is 2. The molecule has 20 heavy (non-hydrogen) atoms. The van der Waals surface area contributed by atoms with E-state index in [9.17, 15) is 0 Å². The summed E-state index contributed by atoms with van der Waals surface area (Å²) in [6.07, 6.45) is 4.97. The zero-order valence-corrected chi connectivity index (χ0v) is 13.6. The summed E-state index contributed by atoms with van der Waals surface area (Å²) in [5.74, 6) is 2.89. The third-order valence-electron chi connectivity index (χ3n) is 3.55. The minimum atomic E-state index is 0.549. The number of aromatic nitrogens is 2. The van der Waals surface area contributed by atoms with Gasteiger partial charge in [0, 0.05) is 29.6 Å². The van der Waals surface area contributed by atoms with Crippen LogP contribution in [0.4, 0.5) is 11.8 Å². The fourth-order valence-electron chi connectivity index (χ4n) is 2.65. The molecule has 1 aliphatic carbocycles. The largest absolute Gasteiger partial charge is 0.366 e. The average molecular weight is 294 g/mol. The topological polar surface area (TPSA) is 49.8 Å². The van der Waals surface area contributed by atoms with E-state index < -0.39 is 0 Å². The number of anilines is 2. The average Bonchev–Trinajstić information content (AvgIpc) is 2.84. The molecule has 2 unspecified atom stereocenters. The predicted molar refractivity (Wildman–Crippen MR) is 88.7 cm³/mol. The Kier molecular flexibility index (Phi) is 5.95. The van der Waals surface area contributed by atoms with Crippen molar-refractivity contribution in [3.05, 3.63) is 11.8 Å². The Morgan fingerprint density at radius 3 is 2.90 bits per heavy atom. The molecule has 0 spiro atoms. The maximum absolute atomic E-state index is 4.59. The molecule has 0 bridgehead atoms. The molecule has 4 nitrogen and oxygen atoms in total. The summed E-state index contributed by atoms with van der Waals surface area (Å²) in [4.78, 5) is 9.02. The van der Waals surface area contributed by atoms with Gasteiger partial charge in [-0.05, 0) is 31.9 Å². The molecule has 0 saturated heterocycles. The van der Waals surface area contributed by atoms with E-state index in [4.69, 9.17) is 0 Å². The quantitative estimate of drug-likeness (QED) is 0.803. The Hall–Kier alpha value is -0.970. The Morgan fingerprint density at radius 2 is 2.15 bits per heavy atom. The standard InChI is InChI=1S/C15H26N4S/c1-4-9-16-15-17-11(3)10-14(19-15)18-12-7-6-8-13(12)20-5-2/h10,12-13H,4-9H2,1-3H3,(H2,16,17,18,19). The first-order chi connectivity index (χ1) is 9.72. The van der Waals surface area contributed by atoms with Gasteiger partial charge in [0.1, 0.15) is 5.82 Å². The second-order valence-corrected chi connectivity index (χ2v) is 6.84. The third-order valence-corrected chi connectivity index (χ3v) is 4.88. The van der Waals surface area contributed by atoms with E-state index in [1.165, 1.54) is 25.0 Å². The van der Waals surface area contributed by atoms with Crippen molar-refractivity contribution < 1.29 is 0 Å². The number of aryl methyl sites for hydroxylation is 1. The lowest BCUT2D eigenvalue weighted by molar-refractivity contribution is 0.761. The van der Waals surface area contributed by atoms with Gasteiger partial charge in [-0.25, -0.2) is 4.98 Å². The summed E-state index contributed by atoms with van der Waals surface area (Å²) in [5.41, 5.74) is 1.01. The van der Waals surface area contributed by atoms with Crippen LogP contribution in [0.3, 0.4) is 0 Å². The highest BCUT2D eigenvalue weighted by Gasteiger charge is 2.27. The lowest BCUT2D eigenvalue weighted by Crippen LogP contribution is -2.27. The van der Waals surface area contributed by atoms with Crippen LogP contribution in [-0.2, 0) is 0 Å². The molecule has 1 fully saturated rings. The molecular weight excluding hydrogens is 268 g/mol. The summed E-state index contributed by atoms with van der Waals surface area (Å²) >= 11 is 2.07. The van der Waals surface area contributed by atoms with Crippen molar-refractivity contribution in [2.45, 2.75) is 57.7 Å². The molecule has 1 heterocycles. The van der Waals surface area contributed by atoms with Gasteiger partial charge in [0.05, 0.1) is 0 Å². The summed E-state index contributed by atoms with van der Waals surface area (Å²) in [5, 5.41) is 7.62. The van der Waals surface area contributed by atoms with Crippen LogP contribution in [0.15, 0.2) is 6.07 Å². The Labute approximate surface area is 126 Å². The van der Waals surface area contributed by atoms with Crippen LogP contribution >= 0.6 is 11.8 Å². The third kappa shape index (κ3) is 4.27. The molecule has 0 radical (unpaired) electrons. The van der Waals surface area contributed by atoms with Crippen molar-refractivity contribution >= 4 is 23.5 Å². The Morgan fingerprint density at radius 1 is 1.30 bits per heavy atom. The van der Waals surface area contributed by atoms with Crippen LogP contribution in [0.2, 0.25) is 0 Å². The maximum atomic E-state index is 4.59. The van der Waals surface area contributed by atoms with Gasteiger partial charge in [-0.15, -0.1) is 0 Å². The van der Waals surface area contributed by atoms with E-state index in [0.717, 1.165) is 35.7 Å². The van der Waals surface area contributed by atoms with Crippen LogP contribution in [0.25, 0.3) is 0 Å². The SMILES string of the molecule is CCCNc1nc(C)cc(NC2CCCC2SCC)n1. The first-order valence-electron chi connectivity index (χ1n) is 7.70. The van der Waals surface area contributed by atoms with Crippen molar-refractivity contribution in [1.29, 1.82) is 0 Å². The molecule has 0 aromatic carbocycles. The molecule has 1 saturated carbocycles. The van der Waals surface area contributed by atoms with Gasteiger partial charge >= 0.3 is 0 Å². The molecule has 0 amide bonds. The van der Waals surface area contributed by atoms with Gasteiger partial charge in [0.15, 0.2) is 0 Å². The number of nitrogens with zero attached hydrogens (tertiary/aromatic N) is 2. The highest BCUT2D eigenvalue weighted by Crippen LogP contribution is 2.31. The minimum Gasteiger partial charge on any atom is -0.366 e. The fraction of sp³-hybridized carbons (Fsp3) is 0.733. The van der Waals surface area contributed by atoms with Crippen LogP contribution in [-0.4, -0.2) is 33.6 Å². The van der Waals surface area contributed by atoms with E-state index in [1.807, 2.05) is 13.0 Å². The van der Waals surface area contributed by atoms with E-state index in [2.05, 4.69) is 46.2 Å². The molecule has 112 valence electrons. The molecule has 2 N–H and O–H groups in total. The summed E-state index contributed by atoms with van der Waals surface area (Å²) in [6.45, 7) is 7.33. The maximum Gasteiger partial charge on any atom is 0.224 e. The normalized spacial score (nSPS) is 21.9. The highest BCUT2D eigenvalue weighted by atomic mass is 32.2. The molecule has 1 aromatic heterocycles. The van der Waals surface area contributed by atoms with Gasteiger partial charge in [0.2, 0.25) is 5.95 Å². The van der Waals surface area contributed by atoms with Gasteiger partial charge in [0.25, 0.3) is 0 Å². The van der Waals surface area contributed by atoms with Gasteiger partial charge in [-0.1, -0.05) is 20.3 Å². The summed E-state index contributed by atoms with van der Waals surface area (Å²) in [6, 6.07) is 2.59. The number of nitrogens with one attached hydrogen (secondary N) is 2.